The van der Waals surface area contributed by atoms with Crippen molar-refractivity contribution in [2.24, 2.45) is 0 Å². The van der Waals surface area contributed by atoms with Crippen molar-refractivity contribution in [1.29, 1.82) is 0 Å². The van der Waals surface area contributed by atoms with E-state index in [1.54, 1.807) is 18.2 Å². The van der Waals surface area contributed by atoms with Crippen LogP contribution in [0.4, 0.5) is 14.5 Å². The highest BCUT2D eigenvalue weighted by Crippen LogP contribution is 2.11. The Hall–Kier alpha value is -2.76. The molecule has 114 valence electrons. The van der Waals surface area contributed by atoms with Gasteiger partial charge in [-0.25, -0.2) is 13.6 Å². The zero-order valence-electron chi connectivity index (χ0n) is 11.7. The van der Waals surface area contributed by atoms with Crippen LogP contribution in [0.2, 0.25) is 0 Å². The molecule has 4 nitrogen and oxygen atoms in total. The second kappa shape index (κ2) is 6.80. The third kappa shape index (κ3) is 4.12. The molecule has 6 heteroatoms. The van der Waals surface area contributed by atoms with Gasteiger partial charge in [0.1, 0.15) is 0 Å². The summed E-state index contributed by atoms with van der Waals surface area (Å²) < 4.78 is 30.5. The van der Waals surface area contributed by atoms with Crippen molar-refractivity contribution in [3.8, 4) is 0 Å². The van der Waals surface area contributed by atoms with Gasteiger partial charge in [0.15, 0.2) is 18.2 Å². The van der Waals surface area contributed by atoms with Gasteiger partial charge in [0.2, 0.25) is 0 Å². The van der Waals surface area contributed by atoms with E-state index in [0.29, 0.717) is 5.69 Å². The Morgan fingerprint density at radius 2 is 1.86 bits per heavy atom. The standard InChI is InChI=1S/C16H13F2NO3/c1-10-3-2-4-12(7-10)19-15(20)9-22-16(21)11-5-6-13(17)14(18)8-11/h2-8H,9H2,1H3,(H,19,20). The zero-order chi connectivity index (χ0) is 16.1. The van der Waals surface area contributed by atoms with Crippen LogP contribution in [-0.4, -0.2) is 18.5 Å². The Morgan fingerprint density at radius 1 is 1.09 bits per heavy atom. The van der Waals surface area contributed by atoms with E-state index in [-0.39, 0.29) is 5.56 Å². The number of benzene rings is 2. The van der Waals surface area contributed by atoms with Crippen LogP contribution in [0.15, 0.2) is 42.5 Å². The van der Waals surface area contributed by atoms with Crippen LogP contribution in [-0.2, 0) is 9.53 Å². The van der Waals surface area contributed by atoms with E-state index in [1.165, 1.54) is 0 Å². The molecule has 1 N–H and O–H groups in total. The zero-order valence-corrected chi connectivity index (χ0v) is 11.7. The van der Waals surface area contributed by atoms with Crippen LogP contribution in [0.25, 0.3) is 0 Å². The predicted molar refractivity (Wildman–Crippen MR) is 76.4 cm³/mol. The number of halogens is 2. The number of carbonyl (C=O) groups is 2. The fourth-order valence-corrected chi connectivity index (χ4v) is 1.76. The van der Waals surface area contributed by atoms with Gasteiger partial charge in [-0.3, -0.25) is 4.79 Å². The summed E-state index contributed by atoms with van der Waals surface area (Å²) in [6.45, 7) is 1.35. The fourth-order valence-electron chi connectivity index (χ4n) is 1.76. The van der Waals surface area contributed by atoms with E-state index in [1.807, 2.05) is 13.0 Å². The molecule has 0 fully saturated rings. The molecule has 0 saturated heterocycles. The van der Waals surface area contributed by atoms with Crippen molar-refractivity contribution >= 4 is 17.6 Å². The number of carbonyl (C=O) groups excluding carboxylic acids is 2. The van der Waals surface area contributed by atoms with Crippen molar-refractivity contribution in [2.75, 3.05) is 11.9 Å². The van der Waals surface area contributed by atoms with E-state index >= 15 is 0 Å². The first-order valence-corrected chi connectivity index (χ1v) is 6.44. The minimum atomic E-state index is -1.15. The largest absolute Gasteiger partial charge is 0.452 e. The van der Waals surface area contributed by atoms with Crippen LogP contribution < -0.4 is 5.32 Å². The van der Waals surface area contributed by atoms with Crippen molar-refractivity contribution in [3.63, 3.8) is 0 Å². The predicted octanol–water partition coefficient (Wildman–Crippen LogP) is 3.07. The first-order valence-electron chi connectivity index (χ1n) is 6.44. The van der Waals surface area contributed by atoms with Crippen molar-refractivity contribution < 1.29 is 23.1 Å². The molecule has 0 aliphatic heterocycles. The van der Waals surface area contributed by atoms with Crippen molar-refractivity contribution in [1.82, 2.24) is 0 Å². The molecular formula is C16H13F2NO3. The normalized spacial score (nSPS) is 10.1. The summed E-state index contributed by atoms with van der Waals surface area (Å²) in [5.41, 5.74) is 1.38. The van der Waals surface area contributed by atoms with E-state index in [2.05, 4.69) is 5.32 Å². The highest BCUT2D eigenvalue weighted by atomic mass is 19.2. The maximum Gasteiger partial charge on any atom is 0.338 e. The smallest absolute Gasteiger partial charge is 0.338 e. The average molecular weight is 305 g/mol. The van der Waals surface area contributed by atoms with Crippen LogP contribution >= 0.6 is 0 Å². The highest BCUT2D eigenvalue weighted by molar-refractivity contribution is 5.95. The van der Waals surface area contributed by atoms with E-state index in [9.17, 15) is 18.4 Å². The lowest BCUT2D eigenvalue weighted by Crippen LogP contribution is -2.21. The minimum Gasteiger partial charge on any atom is -0.452 e. The Labute approximate surface area is 125 Å². The van der Waals surface area contributed by atoms with Gasteiger partial charge in [-0.2, -0.15) is 0 Å². The SMILES string of the molecule is Cc1cccc(NC(=O)COC(=O)c2ccc(F)c(F)c2)c1. The van der Waals surface area contributed by atoms with E-state index in [0.717, 1.165) is 23.8 Å². The van der Waals surface area contributed by atoms with Crippen LogP contribution in [0.1, 0.15) is 15.9 Å². The molecule has 0 radical (unpaired) electrons. The summed E-state index contributed by atoms with van der Waals surface area (Å²) in [6.07, 6.45) is 0. The van der Waals surface area contributed by atoms with Gasteiger partial charge in [0, 0.05) is 5.69 Å². The highest BCUT2D eigenvalue weighted by Gasteiger charge is 2.13. The molecule has 0 aliphatic carbocycles. The minimum absolute atomic E-state index is 0.165. The van der Waals surface area contributed by atoms with Crippen LogP contribution in [0.5, 0.6) is 0 Å². The summed E-state index contributed by atoms with van der Waals surface area (Å²) in [7, 11) is 0. The molecule has 0 saturated carbocycles. The maximum absolute atomic E-state index is 13.0. The van der Waals surface area contributed by atoms with Crippen LogP contribution in [0.3, 0.4) is 0 Å². The molecule has 1 amide bonds. The number of esters is 1. The van der Waals surface area contributed by atoms with Gasteiger partial charge in [-0.05, 0) is 42.8 Å². The Bertz CT molecular complexity index is 716. The van der Waals surface area contributed by atoms with Crippen molar-refractivity contribution in [2.45, 2.75) is 6.92 Å². The van der Waals surface area contributed by atoms with Crippen LogP contribution in [0, 0.1) is 18.6 Å². The third-order valence-electron chi connectivity index (χ3n) is 2.79. The number of aryl methyl sites for hydroxylation is 1. The van der Waals surface area contributed by atoms with Gasteiger partial charge >= 0.3 is 5.97 Å². The second-order valence-electron chi connectivity index (χ2n) is 4.62. The topological polar surface area (TPSA) is 55.4 Å². The van der Waals surface area contributed by atoms with Gasteiger partial charge in [-0.15, -0.1) is 0 Å². The molecule has 2 aromatic carbocycles. The summed E-state index contributed by atoms with van der Waals surface area (Å²) in [4.78, 5) is 23.3. The number of rotatable bonds is 4. The average Bonchev–Trinajstić information content (AvgIpc) is 2.47. The van der Waals surface area contributed by atoms with E-state index < -0.39 is 30.1 Å². The second-order valence-corrected chi connectivity index (χ2v) is 4.62. The molecule has 22 heavy (non-hydrogen) atoms. The number of hydrogen-bond acceptors (Lipinski definition) is 3. The molecule has 0 bridgehead atoms. The molecule has 0 aromatic heterocycles. The van der Waals surface area contributed by atoms with Gasteiger partial charge in [-0.1, -0.05) is 12.1 Å². The number of hydrogen-bond donors (Lipinski definition) is 1. The lowest BCUT2D eigenvalue weighted by molar-refractivity contribution is -0.119. The molecule has 0 atom stereocenters. The Morgan fingerprint density at radius 3 is 2.55 bits per heavy atom. The molecule has 0 spiro atoms. The first kappa shape index (κ1) is 15.6. The van der Waals surface area contributed by atoms with E-state index in [4.69, 9.17) is 4.74 Å². The Balaban J connectivity index is 1.90. The lowest BCUT2D eigenvalue weighted by atomic mass is 10.2. The summed E-state index contributed by atoms with van der Waals surface area (Å²) in [5.74, 6) is -3.65. The van der Waals surface area contributed by atoms with Gasteiger partial charge < -0.3 is 10.1 Å². The van der Waals surface area contributed by atoms with Gasteiger partial charge in [0.05, 0.1) is 5.56 Å². The van der Waals surface area contributed by atoms with Gasteiger partial charge in [0.25, 0.3) is 5.91 Å². The molecule has 0 aliphatic rings. The molecule has 0 unspecified atom stereocenters. The number of ether oxygens (including phenoxy) is 1. The maximum atomic E-state index is 13.0. The number of nitrogens with one attached hydrogen (secondary N) is 1. The molecular weight excluding hydrogens is 292 g/mol. The summed E-state index contributed by atoms with van der Waals surface area (Å²) >= 11 is 0. The molecule has 2 aromatic rings. The molecule has 0 heterocycles. The summed E-state index contributed by atoms with van der Waals surface area (Å²) in [5, 5.41) is 2.56. The quantitative estimate of drug-likeness (QED) is 0.883. The number of anilines is 1. The number of amides is 1. The molecule has 2 rings (SSSR count). The third-order valence-corrected chi connectivity index (χ3v) is 2.79. The monoisotopic (exact) mass is 305 g/mol. The Kier molecular flexibility index (Phi) is 4.83. The lowest BCUT2D eigenvalue weighted by Gasteiger charge is -2.07. The van der Waals surface area contributed by atoms with Crippen molar-refractivity contribution in [3.05, 3.63) is 65.2 Å². The first-order chi connectivity index (χ1) is 10.5. The summed E-state index contributed by atoms with van der Waals surface area (Å²) in [6, 6.07) is 9.72. The fraction of sp³-hybridized carbons (Fsp3) is 0.125.